The van der Waals surface area contributed by atoms with Crippen molar-refractivity contribution < 1.29 is 49.7 Å². The molecular formula is C8H14O10. The van der Waals surface area contributed by atoms with Crippen LogP contribution >= 0.6 is 0 Å². The van der Waals surface area contributed by atoms with Crippen molar-refractivity contribution in [3.05, 3.63) is 0 Å². The standard InChI is InChI=1S/C8H14O10/c9-1-3(10)5(12)6(13)4(11)2-17-8(16)18-7(14)15/h3-6,9-13H,1-2H2,(H,14,15)/t3-,4-,5-,6-/m1/s1. The quantitative estimate of drug-likeness (QED) is 0.219. The summed E-state index contributed by atoms with van der Waals surface area (Å²) in [5, 5.41) is 53.1. The Morgan fingerprint density at radius 2 is 1.50 bits per heavy atom. The zero-order valence-corrected chi connectivity index (χ0v) is 9.04. The van der Waals surface area contributed by atoms with Crippen LogP contribution in [-0.2, 0) is 9.47 Å². The Morgan fingerprint density at radius 1 is 1.00 bits per heavy atom. The van der Waals surface area contributed by atoms with Crippen LogP contribution in [0, 0.1) is 0 Å². The number of carboxylic acid groups (broad SMARTS) is 1. The second-order valence-corrected chi connectivity index (χ2v) is 3.23. The largest absolute Gasteiger partial charge is 0.518 e. The Morgan fingerprint density at radius 3 is 1.94 bits per heavy atom. The Balaban J connectivity index is 4.12. The molecule has 0 fully saturated rings. The fraction of sp³-hybridized carbons (Fsp3) is 0.750. The molecule has 0 aliphatic rings. The molecule has 0 heterocycles. The van der Waals surface area contributed by atoms with Gasteiger partial charge in [-0.05, 0) is 0 Å². The molecule has 4 atom stereocenters. The van der Waals surface area contributed by atoms with Crippen LogP contribution in [0.2, 0.25) is 0 Å². The zero-order valence-electron chi connectivity index (χ0n) is 9.04. The van der Waals surface area contributed by atoms with Crippen molar-refractivity contribution in [2.24, 2.45) is 0 Å². The lowest BCUT2D eigenvalue weighted by Gasteiger charge is -2.25. The second kappa shape index (κ2) is 7.79. The summed E-state index contributed by atoms with van der Waals surface area (Å²) in [7, 11) is 0. The monoisotopic (exact) mass is 270 g/mol. The highest BCUT2D eigenvalue weighted by Crippen LogP contribution is 2.06. The molecule has 0 aliphatic heterocycles. The summed E-state index contributed by atoms with van der Waals surface area (Å²) >= 11 is 0. The zero-order chi connectivity index (χ0) is 14.3. The Hall–Kier alpha value is -1.46. The van der Waals surface area contributed by atoms with Crippen molar-refractivity contribution in [2.75, 3.05) is 13.2 Å². The smallest absolute Gasteiger partial charge is 0.449 e. The highest BCUT2D eigenvalue weighted by atomic mass is 16.8. The lowest BCUT2D eigenvalue weighted by Crippen LogP contribution is -2.47. The van der Waals surface area contributed by atoms with Gasteiger partial charge in [0.2, 0.25) is 0 Å². The van der Waals surface area contributed by atoms with E-state index in [9.17, 15) is 24.9 Å². The SMILES string of the molecule is O=C(O)OC(=O)OC[C@@H](O)[C@@H](O)[C@H](O)[C@H](O)CO. The third-order valence-corrected chi connectivity index (χ3v) is 1.87. The first-order valence-electron chi connectivity index (χ1n) is 4.70. The molecule has 10 heteroatoms. The van der Waals surface area contributed by atoms with Crippen molar-refractivity contribution >= 4 is 12.3 Å². The summed E-state index contributed by atoms with van der Waals surface area (Å²) in [5.74, 6) is 0. The van der Waals surface area contributed by atoms with Gasteiger partial charge < -0.3 is 40.1 Å². The molecule has 106 valence electrons. The second-order valence-electron chi connectivity index (χ2n) is 3.23. The Labute approximate surface area is 101 Å². The average Bonchev–Trinajstić information content (AvgIpc) is 2.32. The fourth-order valence-corrected chi connectivity index (χ4v) is 0.916. The summed E-state index contributed by atoms with van der Waals surface area (Å²) in [6.07, 6.45) is -10.8. The number of ether oxygens (including phenoxy) is 2. The molecule has 0 aromatic carbocycles. The van der Waals surface area contributed by atoms with E-state index in [0.717, 1.165) is 0 Å². The summed E-state index contributed by atoms with van der Waals surface area (Å²) in [6, 6.07) is 0. The van der Waals surface area contributed by atoms with Crippen molar-refractivity contribution in [1.82, 2.24) is 0 Å². The molecule has 18 heavy (non-hydrogen) atoms. The highest BCUT2D eigenvalue weighted by Gasteiger charge is 2.31. The van der Waals surface area contributed by atoms with E-state index in [0.29, 0.717) is 0 Å². The number of carbonyl (C=O) groups is 2. The minimum Gasteiger partial charge on any atom is -0.449 e. The van der Waals surface area contributed by atoms with Gasteiger partial charge in [0.25, 0.3) is 0 Å². The van der Waals surface area contributed by atoms with Crippen LogP contribution in [0.1, 0.15) is 0 Å². The van der Waals surface area contributed by atoms with Gasteiger partial charge in [0.1, 0.15) is 31.0 Å². The molecule has 10 nitrogen and oxygen atoms in total. The van der Waals surface area contributed by atoms with Crippen molar-refractivity contribution in [1.29, 1.82) is 0 Å². The molecule has 0 unspecified atom stereocenters. The molecule has 0 saturated heterocycles. The van der Waals surface area contributed by atoms with E-state index in [4.69, 9.17) is 15.3 Å². The van der Waals surface area contributed by atoms with Gasteiger partial charge in [0.05, 0.1) is 6.61 Å². The van der Waals surface area contributed by atoms with E-state index < -0.39 is 49.9 Å². The molecule has 6 N–H and O–H groups in total. The van der Waals surface area contributed by atoms with Gasteiger partial charge in [-0.2, -0.15) is 0 Å². The Kier molecular flexibility index (Phi) is 7.16. The van der Waals surface area contributed by atoms with Crippen LogP contribution in [0.4, 0.5) is 9.59 Å². The third kappa shape index (κ3) is 5.75. The van der Waals surface area contributed by atoms with Gasteiger partial charge in [-0.25, -0.2) is 9.59 Å². The molecule has 0 bridgehead atoms. The molecule has 0 aliphatic carbocycles. The normalized spacial score (nSPS) is 17.4. The van der Waals surface area contributed by atoms with E-state index in [1.807, 2.05) is 0 Å². The first kappa shape index (κ1) is 16.5. The first-order valence-corrected chi connectivity index (χ1v) is 4.70. The third-order valence-electron chi connectivity index (χ3n) is 1.87. The number of carbonyl (C=O) groups excluding carboxylic acids is 1. The van der Waals surface area contributed by atoms with Crippen LogP contribution < -0.4 is 0 Å². The average molecular weight is 270 g/mol. The van der Waals surface area contributed by atoms with Crippen LogP contribution in [0.3, 0.4) is 0 Å². The highest BCUT2D eigenvalue weighted by molar-refractivity contribution is 5.75. The molecule has 0 aromatic heterocycles. The van der Waals surface area contributed by atoms with Crippen molar-refractivity contribution in [2.45, 2.75) is 24.4 Å². The lowest BCUT2D eigenvalue weighted by molar-refractivity contribution is -0.125. The predicted molar refractivity (Wildman–Crippen MR) is 51.6 cm³/mol. The number of hydrogen-bond acceptors (Lipinski definition) is 9. The van der Waals surface area contributed by atoms with E-state index in [1.165, 1.54) is 0 Å². The maximum absolute atomic E-state index is 10.6. The minimum absolute atomic E-state index is 0.854. The predicted octanol–water partition coefficient (Wildman–Crippen LogP) is -2.75. The van der Waals surface area contributed by atoms with Gasteiger partial charge in [0, 0.05) is 0 Å². The summed E-state index contributed by atoms with van der Waals surface area (Å²) < 4.78 is 7.61. The van der Waals surface area contributed by atoms with Gasteiger partial charge in [-0.3, -0.25) is 0 Å². The molecular weight excluding hydrogens is 256 g/mol. The number of hydrogen-bond donors (Lipinski definition) is 6. The molecule has 0 radical (unpaired) electrons. The first-order chi connectivity index (χ1) is 8.29. The molecule has 0 aromatic rings. The minimum atomic E-state index is -1.91. The molecule has 0 amide bonds. The molecule has 0 rings (SSSR count). The van der Waals surface area contributed by atoms with E-state index in [1.54, 1.807) is 0 Å². The lowest BCUT2D eigenvalue weighted by atomic mass is 10.0. The summed E-state index contributed by atoms with van der Waals surface area (Å²) in [5.41, 5.74) is 0. The summed E-state index contributed by atoms with van der Waals surface area (Å²) in [4.78, 5) is 20.5. The van der Waals surface area contributed by atoms with Crippen LogP contribution in [0.5, 0.6) is 0 Å². The van der Waals surface area contributed by atoms with E-state index in [-0.39, 0.29) is 0 Å². The van der Waals surface area contributed by atoms with Gasteiger partial charge >= 0.3 is 12.3 Å². The summed E-state index contributed by atoms with van der Waals surface area (Å²) in [6.45, 7) is -1.73. The van der Waals surface area contributed by atoms with Crippen molar-refractivity contribution in [3.8, 4) is 0 Å². The van der Waals surface area contributed by atoms with Gasteiger partial charge in [-0.15, -0.1) is 0 Å². The van der Waals surface area contributed by atoms with Gasteiger partial charge in [-0.1, -0.05) is 0 Å². The topological polar surface area (TPSA) is 174 Å². The van der Waals surface area contributed by atoms with E-state index in [2.05, 4.69) is 9.47 Å². The van der Waals surface area contributed by atoms with Crippen LogP contribution in [0.15, 0.2) is 0 Å². The number of rotatable bonds is 6. The Bertz CT molecular complexity index is 279. The fourth-order valence-electron chi connectivity index (χ4n) is 0.916. The van der Waals surface area contributed by atoms with Crippen molar-refractivity contribution in [3.63, 3.8) is 0 Å². The number of aliphatic hydroxyl groups is 5. The maximum atomic E-state index is 10.6. The van der Waals surface area contributed by atoms with E-state index >= 15 is 0 Å². The molecule has 0 spiro atoms. The maximum Gasteiger partial charge on any atom is 0.518 e. The van der Waals surface area contributed by atoms with Crippen LogP contribution in [-0.4, -0.2) is 80.6 Å². The number of aliphatic hydroxyl groups excluding tert-OH is 5. The molecule has 0 saturated carbocycles. The van der Waals surface area contributed by atoms with Gasteiger partial charge in [0.15, 0.2) is 0 Å². The van der Waals surface area contributed by atoms with Crippen LogP contribution in [0.25, 0.3) is 0 Å².